The van der Waals surface area contributed by atoms with Crippen LogP contribution in [0.4, 0.5) is 0 Å². The normalized spacial score (nSPS) is 13.5. The molecule has 90 valence electrons. The second-order valence-corrected chi connectivity index (χ2v) is 12.2. The number of hydrogen-bond donors (Lipinski definition) is 0. The highest BCUT2D eigenvalue weighted by atomic mass is 32.2. The molecule has 0 saturated heterocycles. The Bertz CT molecular complexity index is 372. The quantitative estimate of drug-likeness (QED) is 0.757. The van der Waals surface area contributed by atoms with E-state index in [1.54, 1.807) is 7.11 Å². The Labute approximate surface area is 101 Å². The maximum Gasteiger partial charge on any atom is 0.120 e. The van der Waals surface area contributed by atoms with Crippen LogP contribution in [0.3, 0.4) is 0 Å². The molecule has 0 amide bonds. The largest absolute Gasteiger partial charge is 0.497 e. The molecule has 0 saturated carbocycles. The van der Waals surface area contributed by atoms with Crippen molar-refractivity contribution in [2.75, 3.05) is 12.9 Å². The third kappa shape index (κ3) is 4.49. The molecule has 1 aromatic rings. The van der Waals surface area contributed by atoms with Crippen molar-refractivity contribution < 1.29 is 8.95 Å². The van der Waals surface area contributed by atoms with Crippen molar-refractivity contribution in [3.8, 4) is 5.75 Å². The monoisotopic (exact) mass is 256 g/mol. The van der Waals surface area contributed by atoms with Crippen molar-refractivity contribution in [1.29, 1.82) is 0 Å². The molecule has 1 aromatic carbocycles. The molecule has 1 atom stereocenters. The van der Waals surface area contributed by atoms with Gasteiger partial charge in [-0.15, -0.1) is 0 Å². The van der Waals surface area contributed by atoms with Gasteiger partial charge in [-0.3, -0.25) is 4.21 Å². The molecule has 0 spiro atoms. The fraction of sp³-hybridized carbons (Fsp3) is 0.500. The molecule has 2 nitrogen and oxygen atoms in total. The molecule has 1 rings (SSSR count). The summed E-state index contributed by atoms with van der Waals surface area (Å²) < 4.78 is 17.2. The first-order chi connectivity index (χ1) is 7.42. The Morgan fingerprint density at radius 1 is 1.31 bits per heavy atom. The number of rotatable bonds is 5. The van der Waals surface area contributed by atoms with Crippen LogP contribution in [-0.2, 0) is 10.8 Å². The van der Waals surface area contributed by atoms with E-state index in [0.717, 1.165) is 22.4 Å². The van der Waals surface area contributed by atoms with Crippen LogP contribution in [0, 0.1) is 0 Å². The van der Waals surface area contributed by atoms with E-state index in [2.05, 4.69) is 19.6 Å². The van der Waals surface area contributed by atoms with Crippen LogP contribution in [0.25, 0.3) is 0 Å². The molecular formula is C12H20O2SSi. The van der Waals surface area contributed by atoms with Crippen LogP contribution in [-0.4, -0.2) is 25.1 Å². The van der Waals surface area contributed by atoms with Gasteiger partial charge in [0.2, 0.25) is 0 Å². The van der Waals surface area contributed by atoms with Gasteiger partial charge in [-0.1, -0.05) is 25.7 Å². The van der Waals surface area contributed by atoms with Gasteiger partial charge in [0.05, 0.1) is 17.9 Å². The molecule has 0 heterocycles. The molecule has 1 unspecified atom stereocenters. The van der Waals surface area contributed by atoms with E-state index in [-0.39, 0.29) is 0 Å². The minimum Gasteiger partial charge on any atom is -0.497 e. The van der Waals surface area contributed by atoms with Gasteiger partial charge in [-0.05, 0) is 24.2 Å². The van der Waals surface area contributed by atoms with Crippen LogP contribution >= 0.6 is 0 Å². The van der Waals surface area contributed by atoms with E-state index in [1.807, 2.05) is 24.3 Å². The van der Waals surface area contributed by atoms with Crippen molar-refractivity contribution in [2.24, 2.45) is 0 Å². The predicted molar refractivity (Wildman–Crippen MR) is 72.4 cm³/mol. The third-order valence-electron chi connectivity index (χ3n) is 2.34. The van der Waals surface area contributed by atoms with E-state index >= 15 is 0 Å². The Kier molecular flexibility index (Phi) is 4.74. The molecule has 0 aromatic heterocycles. The van der Waals surface area contributed by atoms with E-state index < -0.39 is 18.9 Å². The molecular weight excluding hydrogens is 236 g/mol. The molecule has 16 heavy (non-hydrogen) atoms. The summed E-state index contributed by atoms with van der Waals surface area (Å²) in [6.45, 7) is 6.90. The first-order valence-corrected chi connectivity index (χ1v) is 10.5. The second kappa shape index (κ2) is 5.64. The standard InChI is InChI=1S/C12H20O2SSi/c1-14-11-6-5-7-12(10-11)15(13)8-9-16(2,3)4/h5-7,10H,8-9H2,1-4H3. The first-order valence-electron chi connectivity index (χ1n) is 5.45. The predicted octanol–water partition coefficient (Wildman–Crippen LogP) is 3.14. The Morgan fingerprint density at radius 3 is 2.56 bits per heavy atom. The molecule has 0 radical (unpaired) electrons. The number of ether oxygens (including phenoxy) is 1. The molecule has 0 aliphatic carbocycles. The fourth-order valence-corrected chi connectivity index (χ4v) is 5.16. The SMILES string of the molecule is COc1cccc(S(=O)CC[Si](C)(C)C)c1. The van der Waals surface area contributed by atoms with Gasteiger partial charge in [0.25, 0.3) is 0 Å². The minimum absolute atomic E-state index is 0.767. The second-order valence-electron chi connectivity index (χ2n) is 5.04. The average Bonchev–Trinajstić information content (AvgIpc) is 2.25. The topological polar surface area (TPSA) is 26.3 Å². The minimum atomic E-state index is -1.10. The van der Waals surface area contributed by atoms with Crippen LogP contribution in [0.15, 0.2) is 29.2 Å². The van der Waals surface area contributed by atoms with Crippen molar-refractivity contribution in [3.05, 3.63) is 24.3 Å². The lowest BCUT2D eigenvalue weighted by atomic mass is 10.3. The van der Waals surface area contributed by atoms with Gasteiger partial charge in [0.15, 0.2) is 0 Å². The Balaban J connectivity index is 2.66. The Hall–Kier alpha value is -0.613. The fourth-order valence-electron chi connectivity index (χ4n) is 1.26. The van der Waals surface area contributed by atoms with E-state index in [1.165, 1.54) is 0 Å². The van der Waals surface area contributed by atoms with Crippen molar-refractivity contribution in [2.45, 2.75) is 30.6 Å². The van der Waals surface area contributed by atoms with Crippen LogP contribution in [0.1, 0.15) is 0 Å². The van der Waals surface area contributed by atoms with Gasteiger partial charge < -0.3 is 4.74 Å². The van der Waals surface area contributed by atoms with Crippen LogP contribution < -0.4 is 4.74 Å². The zero-order valence-corrected chi connectivity index (χ0v) is 12.3. The summed E-state index contributed by atoms with van der Waals surface area (Å²) in [5, 5.41) is 0. The molecule has 4 heteroatoms. The summed E-state index contributed by atoms with van der Waals surface area (Å²) in [6.07, 6.45) is 0. The molecule has 0 N–H and O–H groups in total. The lowest BCUT2D eigenvalue weighted by molar-refractivity contribution is 0.413. The van der Waals surface area contributed by atoms with Crippen molar-refractivity contribution >= 4 is 18.9 Å². The highest BCUT2D eigenvalue weighted by Crippen LogP contribution is 2.18. The number of methoxy groups -OCH3 is 1. The van der Waals surface area contributed by atoms with Crippen LogP contribution in [0.5, 0.6) is 5.75 Å². The van der Waals surface area contributed by atoms with E-state index in [0.29, 0.717) is 0 Å². The van der Waals surface area contributed by atoms with E-state index in [9.17, 15) is 4.21 Å². The number of hydrogen-bond acceptors (Lipinski definition) is 2. The van der Waals surface area contributed by atoms with Gasteiger partial charge >= 0.3 is 0 Å². The maximum atomic E-state index is 12.0. The highest BCUT2D eigenvalue weighted by molar-refractivity contribution is 7.85. The van der Waals surface area contributed by atoms with E-state index in [4.69, 9.17) is 4.74 Å². The zero-order valence-electron chi connectivity index (χ0n) is 10.4. The summed E-state index contributed by atoms with van der Waals surface area (Å²) in [4.78, 5) is 0.873. The van der Waals surface area contributed by atoms with Crippen molar-refractivity contribution in [1.82, 2.24) is 0 Å². The highest BCUT2D eigenvalue weighted by Gasteiger charge is 2.15. The summed E-state index contributed by atoms with van der Waals surface area (Å²) in [5.74, 6) is 1.54. The lowest BCUT2D eigenvalue weighted by Crippen LogP contribution is -2.22. The lowest BCUT2D eigenvalue weighted by Gasteiger charge is -2.14. The number of benzene rings is 1. The average molecular weight is 256 g/mol. The maximum absolute atomic E-state index is 12.0. The molecule has 0 aliphatic heterocycles. The van der Waals surface area contributed by atoms with Crippen LogP contribution in [0.2, 0.25) is 25.7 Å². The molecule has 0 fully saturated rings. The van der Waals surface area contributed by atoms with Gasteiger partial charge in [-0.25, -0.2) is 0 Å². The van der Waals surface area contributed by atoms with Crippen molar-refractivity contribution in [3.63, 3.8) is 0 Å². The zero-order chi connectivity index (χ0) is 12.2. The van der Waals surface area contributed by atoms with Gasteiger partial charge in [0.1, 0.15) is 5.75 Å². The molecule has 0 bridgehead atoms. The van der Waals surface area contributed by atoms with Gasteiger partial charge in [-0.2, -0.15) is 0 Å². The summed E-state index contributed by atoms with van der Waals surface area (Å²) in [5.41, 5.74) is 0. The Morgan fingerprint density at radius 2 is 2.00 bits per heavy atom. The smallest absolute Gasteiger partial charge is 0.120 e. The third-order valence-corrected chi connectivity index (χ3v) is 5.81. The molecule has 0 aliphatic rings. The summed E-state index contributed by atoms with van der Waals surface area (Å²) in [6, 6.07) is 8.62. The first kappa shape index (κ1) is 13.5. The van der Waals surface area contributed by atoms with Gasteiger partial charge in [0, 0.05) is 18.7 Å². The summed E-state index contributed by atoms with van der Waals surface area (Å²) >= 11 is 0. The summed E-state index contributed by atoms with van der Waals surface area (Å²) in [7, 11) is -0.357.